The molecule has 0 spiro atoms. The highest BCUT2D eigenvalue weighted by Gasteiger charge is 2.17. The summed E-state index contributed by atoms with van der Waals surface area (Å²) in [5, 5.41) is 2.04. The van der Waals surface area contributed by atoms with Crippen molar-refractivity contribution < 1.29 is 4.74 Å². The van der Waals surface area contributed by atoms with Crippen molar-refractivity contribution >= 4 is 27.3 Å². The molecule has 1 heterocycles. The van der Waals surface area contributed by atoms with Crippen molar-refractivity contribution in [2.24, 2.45) is 5.73 Å². The molecule has 96 valence electrons. The van der Waals surface area contributed by atoms with E-state index in [1.165, 1.54) is 0 Å². The second kappa shape index (κ2) is 6.36. The first-order valence-corrected chi connectivity index (χ1v) is 7.61. The topological polar surface area (TPSA) is 35.2 Å². The van der Waals surface area contributed by atoms with Gasteiger partial charge in [0.1, 0.15) is 5.75 Å². The van der Waals surface area contributed by atoms with Crippen molar-refractivity contribution in [1.82, 2.24) is 0 Å². The Bertz CT molecular complexity index is 512. The molecule has 0 aliphatic heterocycles. The van der Waals surface area contributed by atoms with Gasteiger partial charge in [-0.2, -0.15) is 0 Å². The minimum Gasteiger partial charge on any atom is -0.493 e. The van der Waals surface area contributed by atoms with Gasteiger partial charge >= 0.3 is 0 Å². The molecular weight excluding hydrogens is 310 g/mol. The monoisotopic (exact) mass is 325 g/mol. The van der Waals surface area contributed by atoms with Crippen LogP contribution in [0.1, 0.15) is 29.8 Å². The maximum Gasteiger partial charge on any atom is 0.124 e. The average molecular weight is 326 g/mol. The van der Waals surface area contributed by atoms with E-state index >= 15 is 0 Å². The lowest BCUT2D eigenvalue weighted by atomic mass is 10.1. The predicted octanol–water partition coefficient (Wildman–Crippen LogP) is 4.35. The Balaban J connectivity index is 2.30. The third kappa shape index (κ3) is 2.94. The summed E-state index contributed by atoms with van der Waals surface area (Å²) in [7, 11) is 0. The van der Waals surface area contributed by atoms with Crippen LogP contribution in [0.2, 0.25) is 0 Å². The third-order valence-electron chi connectivity index (χ3n) is 2.64. The van der Waals surface area contributed by atoms with Crippen LogP contribution in [0.3, 0.4) is 0 Å². The Labute approximate surface area is 120 Å². The molecule has 1 atom stereocenters. The van der Waals surface area contributed by atoms with Crippen LogP contribution in [0.5, 0.6) is 5.75 Å². The van der Waals surface area contributed by atoms with Crippen LogP contribution in [0, 0.1) is 0 Å². The van der Waals surface area contributed by atoms with Gasteiger partial charge in [0.15, 0.2) is 0 Å². The molecule has 4 heteroatoms. The molecule has 1 aromatic carbocycles. The Hall–Kier alpha value is -0.840. The largest absolute Gasteiger partial charge is 0.493 e. The Morgan fingerprint density at radius 1 is 1.33 bits per heavy atom. The van der Waals surface area contributed by atoms with Crippen molar-refractivity contribution in [3.05, 3.63) is 50.6 Å². The van der Waals surface area contributed by atoms with Crippen LogP contribution in [-0.4, -0.2) is 6.61 Å². The summed E-state index contributed by atoms with van der Waals surface area (Å²) in [6, 6.07) is 9.86. The SMILES string of the molecule is CCCOc1ccccc1C(N)c1sccc1Br. The fraction of sp³-hybridized carbons (Fsp3) is 0.286. The Kier molecular flexibility index (Phi) is 4.80. The van der Waals surface area contributed by atoms with Crippen LogP contribution in [0.25, 0.3) is 0 Å². The third-order valence-corrected chi connectivity index (χ3v) is 4.60. The van der Waals surface area contributed by atoms with Gasteiger partial charge in [0.05, 0.1) is 12.6 Å². The minimum absolute atomic E-state index is 0.146. The summed E-state index contributed by atoms with van der Waals surface area (Å²) in [5.41, 5.74) is 7.37. The standard InChI is InChI=1S/C14H16BrNOS/c1-2-8-17-12-6-4-3-5-10(12)13(16)14-11(15)7-9-18-14/h3-7,9,13H,2,8,16H2,1H3. The molecular formula is C14H16BrNOS. The molecule has 1 aromatic heterocycles. The lowest BCUT2D eigenvalue weighted by Gasteiger charge is -2.16. The second-order valence-electron chi connectivity index (χ2n) is 4.00. The number of para-hydroxylation sites is 1. The number of halogens is 1. The fourth-order valence-electron chi connectivity index (χ4n) is 1.75. The molecule has 2 N–H and O–H groups in total. The van der Waals surface area contributed by atoms with E-state index in [1.807, 2.05) is 35.7 Å². The first-order chi connectivity index (χ1) is 8.74. The van der Waals surface area contributed by atoms with Crippen LogP contribution in [0.4, 0.5) is 0 Å². The number of thiophene rings is 1. The zero-order chi connectivity index (χ0) is 13.0. The molecule has 0 radical (unpaired) electrons. The van der Waals surface area contributed by atoms with Gasteiger partial charge in [-0.25, -0.2) is 0 Å². The van der Waals surface area contributed by atoms with Crippen molar-refractivity contribution in [2.45, 2.75) is 19.4 Å². The van der Waals surface area contributed by atoms with Gasteiger partial charge in [-0.15, -0.1) is 11.3 Å². The maximum atomic E-state index is 6.33. The zero-order valence-corrected chi connectivity index (χ0v) is 12.6. The molecule has 18 heavy (non-hydrogen) atoms. The van der Waals surface area contributed by atoms with E-state index in [9.17, 15) is 0 Å². The average Bonchev–Trinajstić information content (AvgIpc) is 2.82. The van der Waals surface area contributed by atoms with Crippen LogP contribution in [-0.2, 0) is 0 Å². The molecule has 1 unspecified atom stereocenters. The predicted molar refractivity (Wildman–Crippen MR) is 80.3 cm³/mol. The Morgan fingerprint density at radius 2 is 2.11 bits per heavy atom. The van der Waals surface area contributed by atoms with E-state index in [0.717, 1.165) is 33.7 Å². The highest BCUT2D eigenvalue weighted by Crippen LogP contribution is 2.35. The number of hydrogen-bond donors (Lipinski definition) is 1. The summed E-state index contributed by atoms with van der Waals surface area (Å²) in [6.45, 7) is 2.81. The van der Waals surface area contributed by atoms with E-state index in [1.54, 1.807) is 11.3 Å². The van der Waals surface area contributed by atoms with Gasteiger partial charge < -0.3 is 10.5 Å². The van der Waals surface area contributed by atoms with Crippen molar-refractivity contribution in [2.75, 3.05) is 6.61 Å². The number of hydrogen-bond acceptors (Lipinski definition) is 3. The molecule has 0 fully saturated rings. The number of benzene rings is 1. The van der Waals surface area contributed by atoms with Crippen molar-refractivity contribution in [3.8, 4) is 5.75 Å². The first-order valence-electron chi connectivity index (χ1n) is 5.94. The normalized spacial score (nSPS) is 12.4. The van der Waals surface area contributed by atoms with Gasteiger partial charge in [0.2, 0.25) is 0 Å². The maximum absolute atomic E-state index is 6.33. The van der Waals surface area contributed by atoms with Gasteiger partial charge in [-0.3, -0.25) is 0 Å². The molecule has 2 aromatic rings. The van der Waals surface area contributed by atoms with Gasteiger partial charge in [0, 0.05) is 14.9 Å². The van der Waals surface area contributed by atoms with Crippen LogP contribution < -0.4 is 10.5 Å². The second-order valence-corrected chi connectivity index (χ2v) is 5.80. The summed E-state index contributed by atoms with van der Waals surface area (Å²) in [5.74, 6) is 0.882. The molecule has 2 nitrogen and oxygen atoms in total. The smallest absolute Gasteiger partial charge is 0.124 e. The minimum atomic E-state index is -0.146. The van der Waals surface area contributed by atoms with Crippen molar-refractivity contribution in [1.29, 1.82) is 0 Å². The zero-order valence-electron chi connectivity index (χ0n) is 10.2. The lowest BCUT2D eigenvalue weighted by molar-refractivity contribution is 0.313. The summed E-state index contributed by atoms with van der Waals surface area (Å²) in [6.07, 6.45) is 0.992. The molecule has 0 amide bonds. The molecule has 2 rings (SSSR count). The Morgan fingerprint density at radius 3 is 2.78 bits per heavy atom. The van der Waals surface area contributed by atoms with E-state index in [2.05, 4.69) is 22.9 Å². The lowest BCUT2D eigenvalue weighted by Crippen LogP contribution is -2.12. The first kappa shape index (κ1) is 13.6. The molecule has 0 saturated heterocycles. The van der Waals surface area contributed by atoms with E-state index in [0.29, 0.717) is 0 Å². The molecule has 0 saturated carbocycles. The van der Waals surface area contributed by atoms with E-state index in [-0.39, 0.29) is 6.04 Å². The highest BCUT2D eigenvalue weighted by atomic mass is 79.9. The van der Waals surface area contributed by atoms with Gasteiger partial charge in [-0.1, -0.05) is 25.1 Å². The fourth-order valence-corrected chi connectivity index (χ4v) is 3.39. The molecule has 0 aliphatic carbocycles. The number of ether oxygens (including phenoxy) is 1. The molecule has 0 aliphatic rings. The summed E-state index contributed by atoms with van der Waals surface area (Å²) in [4.78, 5) is 1.13. The van der Waals surface area contributed by atoms with Crippen LogP contribution in [0.15, 0.2) is 40.2 Å². The summed E-state index contributed by atoms with van der Waals surface area (Å²) >= 11 is 5.19. The number of rotatable bonds is 5. The highest BCUT2D eigenvalue weighted by molar-refractivity contribution is 9.10. The quantitative estimate of drug-likeness (QED) is 0.887. The summed E-state index contributed by atoms with van der Waals surface area (Å²) < 4.78 is 6.82. The van der Waals surface area contributed by atoms with E-state index < -0.39 is 0 Å². The number of nitrogens with two attached hydrogens (primary N) is 1. The van der Waals surface area contributed by atoms with Gasteiger partial charge in [-0.05, 0) is 39.9 Å². The van der Waals surface area contributed by atoms with Gasteiger partial charge in [0.25, 0.3) is 0 Å². The van der Waals surface area contributed by atoms with Crippen LogP contribution >= 0.6 is 27.3 Å². The molecule has 0 bridgehead atoms. The van der Waals surface area contributed by atoms with Crippen molar-refractivity contribution in [3.63, 3.8) is 0 Å². The van der Waals surface area contributed by atoms with E-state index in [4.69, 9.17) is 10.5 Å².